The first-order chi connectivity index (χ1) is 7.08. The van der Waals surface area contributed by atoms with Crippen molar-refractivity contribution in [3.63, 3.8) is 0 Å². The highest BCUT2D eigenvalue weighted by Gasteiger charge is 2.41. The summed E-state index contributed by atoms with van der Waals surface area (Å²) < 4.78 is 27.3. The van der Waals surface area contributed by atoms with E-state index >= 15 is 0 Å². The molecule has 1 aromatic carbocycles. The van der Waals surface area contributed by atoms with Crippen molar-refractivity contribution in [1.82, 2.24) is 0 Å². The molecule has 4 heteroatoms. The van der Waals surface area contributed by atoms with E-state index < -0.39 is 17.2 Å². The number of hydrogen-bond donors (Lipinski definition) is 1. The summed E-state index contributed by atoms with van der Waals surface area (Å²) in [5.41, 5.74) is -1.43. The maximum atomic E-state index is 13.8. The molecule has 0 spiro atoms. The predicted molar refractivity (Wildman–Crippen MR) is 55.9 cm³/mol. The minimum absolute atomic E-state index is 0.152. The fourth-order valence-corrected chi connectivity index (χ4v) is 2.36. The van der Waals surface area contributed by atoms with E-state index in [2.05, 4.69) is 0 Å². The highest BCUT2D eigenvalue weighted by molar-refractivity contribution is 7.98. The van der Waals surface area contributed by atoms with Crippen LogP contribution >= 0.6 is 11.8 Å². The molecule has 2 rings (SSSR count). The van der Waals surface area contributed by atoms with E-state index in [-0.39, 0.29) is 5.56 Å². The molecular formula is C11H12F2OS. The van der Waals surface area contributed by atoms with Crippen molar-refractivity contribution in [1.29, 1.82) is 0 Å². The van der Waals surface area contributed by atoms with Crippen LogP contribution in [-0.4, -0.2) is 11.4 Å². The highest BCUT2D eigenvalue weighted by Crippen LogP contribution is 2.44. The second-order valence-corrected chi connectivity index (χ2v) is 4.67. The summed E-state index contributed by atoms with van der Waals surface area (Å²) in [6.45, 7) is 0. The Kier molecular flexibility index (Phi) is 2.73. The monoisotopic (exact) mass is 230 g/mol. The Morgan fingerprint density at radius 1 is 1.33 bits per heavy atom. The Morgan fingerprint density at radius 2 is 2.00 bits per heavy atom. The van der Waals surface area contributed by atoms with Crippen molar-refractivity contribution in [2.75, 3.05) is 6.26 Å². The zero-order valence-electron chi connectivity index (χ0n) is 8.39. The molecule has 0 atom stereocenters. The van der Waals surface area contributed by atoms with E-state index in [4.69, 9.17) is 0 Å². The molecule has 1 nitrogen and oxygen atoms in total. The fraction of sp³-hybridized carbons (Fsp3) is 0.455. The third-order valence-electron chi connectivity index (χ3n) is 2.92. The molecule has 0 amide bonds. The van der Waals surface area contributed by atoms with Gasteiger partial charge < -0.3 is 5.11 Å². The molecule has 1 aliphatic carbocycles. The van der Waals surface area contributed by atoms with E-state index in [0.29, 0.717) is 17.7 Å². The van der Waals surface area contributed by atoms with E-state index in [0.717, 1.165) is 6.42 Å². The van der Waals surface area contributed by atoms with Crippen molar-refractivity contribution in [3.8, 4) is 0 Å². The number of hydrogen-bond acceptors (Lipinski definition) is 2. The second kappa shape index (κ2) is 3.76. The molecule has 0 radical (unpaired) electrons. The van der Waals surface area contributed by atoms with Crippen LogP contribution in [0.15, 0.2) is 17.0 Å². The van der Waals surface area contributed by atoms with Crippen LogP contribution in [0.4, 0.5) is 8.78 Å². The van der Waals surface area contributed by atoms with Gasteiger partial charge in [0.1, 0.15) is 11.6 Å². The molecule has 1 N–H and O–H groups in total. The van der Waals surface area contributed by atoms with Gasteiger partial charge in [-0.2, -0.15) is 0 Å². The van der Waals surface area contributed by atoms with Crippen LogP contribution in [0, 0.1) is 11.6 Å². The lowest BCUT2D eigenvalue weighted by Gasteiger charge is -2.37. The van der Waals surface area contributed by atoms with Gasteiger partial charge in [-0.05, 0) is 37.7 Å². The average Bonchev–Trinajstić information content (AvgIpc) is 2.15. The van der Waals surface area contributed by atoms with Gasteiger partial charge in [0.15, 0.2) is 0 Å². The number of rotatable bonds is 2. The van der Waals surface area contributed by atoms with Crippen LogP contribution in [0.3, 0.4) is 0 Å². The summed E-state index contributed by atoms with van der Waals surface area (Å²) in [6, 6.07) is 2.63. The zero-order chi connectivity index (χ0) is 11.1. The number of halogens is 2. The first-order valence-corrected chi connectivity index (χ1v) is 6.06. The molecule has 82 valence electrons. The first-order valence-electron chi connectivity index (χ1n) is 4.83. The smallest absolute Gasteiger partial charge is 0.145 e. The van der Waals surface area contributed by atoms with E-state index in [1.807, 2.05) is 0 Å². The Balaban J connectivity index is 2.53. The van der Waals surface area contributed by atoms with Gasteiger partial charge in [0.2, 0.25) is 0 Å². The molecule has 1 fully saturated rings. The number of aliphatic hydroxyl groups is 1. The molecule has 0 aromatic heterocycles. The summed E-state index contributed by atoms with van der Waals surface area (Å²) in [5, 5.41) is 9.97. The van der Waals surface area contributed by atoms with E-state index in [1.54, 1.807) is 6.26 Å². The molecule has 0 bridgehead atoms. The van der Waals surface area contributed by atoms with Crippen molar-refractivity contribution < 1.29 is 13.9 Å². The lowest BCUT2D eigenvalue weighted by molar-refractivity contribution is -0.0450. The van der Waals surface area contributed by atoms with Gasteiger partial charge in [-0.15, -0.1) is 11.8 Å². The maximum Gasteiger partial charge on any atom is 0.145 e. The summed E-state index contributed by atoms with van der Waals surface area (Å²) in [6.07, 6.45) is 3.43. The third-order valence-corrected chi connectivity index (χ3v) is 3.68. The fourth-order valence-electron chi connectivity index (χ4n) is 1.88. The SMILES string of the molecule is CSc1ccc(F)c(C2(O)CCC2)c1F. The van der Waals surface area contributed by atoms with Crippen LogP contribution in [0.5, 0.6) is 0 Å². The summed E-state index contributed by atoms with van der Waals surface area (Å²) in [7, 11) is 0. The highest BCUT2D eigenvalue weighted by atomic mass is 32.2. The van der Waals surface area contributed by atoms with Gasteiger partial charge >= 0.3 is 0 Å². The largest absolute Gasteiger partial charge is 0.385 e. The van der Waals surface area contributed by atoms with Gasteiger partial charge in [0.25, 0.3) is 0 Å². The molecule has 15 heavy (non-hydrogen) atoms. The van der Waals surface area contributed by atoms with Crippen LogP contribution in [0.25, 0.3) is 0 Å². The Morgan fingerprint density at radius 3 is 2.47 bits per heavy atom. The topological polar surface area (TPSA) is 20.2 Å². The summed E-state index contributed by atoms with van der Waals surface area (Å²) >= 11 is 1.22. The maximum absolute atomic E-state index is 13.8. The summed E-state index contributed by atoms with van der Waals surface area (Å²) in [5.74, 6) is -1.25. The van der Waals surface area contributed by atoms with Crippen LogP contribution in [-0.2, 0) is 5.60 Å². The summed E-state index contributed by atoms with van der Waals surface area (Å²) in [4.78, 5) is 0.381. The minimum Gasteiger partial charge on any atom is -0.385 e. The Hall–Kier alpha value is -0.610. The lowest BCUT2D eigenvalue weighted by Crippen LogP contribution is -2.35. The number of benzene rings is 1. The normalized spacial score (nSPS) is 18.7. The van der Waals surface area contributed by atoms with Crippen LogP contribution in [0.2, 0.25) is 0 Å². The predicted octanol–water partition coefficient (Wildman–Crippen LogP) is 3.06. The molecule has 0 aliphatic heterocycles. The molecule has 0 heterocycles. The second-order valence-electron chi connectivity index (χ2n) is 3.82. The molecule has 1 aromatic rings. The third kappa shape index (κ3) is 1.66. The quantitative estimate of drug-likeness (QED) is 0.788. The van der Waals surface area contributed by atoms with Crippen LogP contribution < -0.4 is 0 Å². The standard InChI is InChI=1S/C11H12F2OS/c1-15-8-4-3-7(12)9(10(8)13)11(14)5-2-6-11/h3-4,14H,2,5-6H2,1H3. The van der Waals surface area contributed by atoms with E-state index in [1.165, 1.54) is 23.9 Å². The van der Waals surface area contributed by atoms with Crippen molar-refractivity contribution >= 4 is 11.8 Å². The zero-order valence-corrected chi connectivity index (χ0v) is 9.20. The first kappa shape index (κ1) is 10.9. The lowest BCUT2D eigenvalue weighted by atomic mass is 9.75. The van der Waals surface area contributed by atoms with Crippen molar-refractivity contribution in [2.24, 2.45) is 0 Å². The average molecular weight is 230 g/mol. The van der Waals surface area contributed by atoms with Gasteiger partial charge in [-0.3, -0.25) is 0 Å². The molecule has 0 unspecified atom stereocenters. The van der Waals surface area contributed by atoms with E-state index in [9.17, 15) is 13.9 Å². The van der Waals surface area contributed by atoms with Crippen molar-refractivity contribution in [3.05, 3.63) is 29.3 Å². The van der Waals surface area contributed by atoms with Crippen molar-refractivity contribution in [2.45, 2.75) is 29.8 Å². The van der Waals surface area contributed by atoms with Gasteiger partial charge in [-0.1, -0.05) is 0 Å². The van der Waals surface area contributed by atoms with Gasteiger partial charge in [0.05, 0.1) is 11.2 Å². The molecule has 1 aliphatic rings. The Bertz CT molecular complexity index is 388. The minimum atomic E-state index is -1.28. The number of thioether (sulfide) groups is 1. The Labute approximate surface area is 91.5 Å². The molecular weight excluding hydrogens is 218 g/mol. The van der Waals surface area contributed by atoms with Crippen LogP contribution in [0.1, 0.15) is 24.8 Å². The van der Waals surface area contributed by atoms with Gasteiger partial charge in [0, 0.05) is 4.90 Å². The van der Waals surface area contributed by atoms with Gasteiger partial charge in [-0.25, -0.2) is 8.78 Å². The molecule has 1 saturated carbocycles. The molecule has 0 saturated heterocycles.